The number of hydrogen-bond acceptors (Lipinski definition) is 3. The molecule has 1 aliphatic heterocycles. The average molecular weight is 440 g/mol. The molecule has 7 heteroatoms. The Kier molecular flexibility index (Phi) is 6.18. The molecule has 1 atom stereocenters. The molecule has 1 unspecified atom stereocenters. The van der Waals surface area contributed by atoms with E-state index in [4.69, 9.17) is 16.3 Å². The summed E-state index contributed by atoms with van der Waals surface area (Å²) in [5, 5.41) is 4.68. The van der Waals surface area contributed by atoms with E-state index in [0.717, 1.165) is 16.5 Å². The van der Waals surface area contributed by atoms with Gasteiger partial charge in [0.15, 0.2) is 5.78 Å². The normalized spacial score (nSPS) is 15.5. The maximum absolute atomic E-state index is 12.7. The second-order valence-corrected chi connectivity index (χ2v) is 8.29. The van der Waals surface area contributed by atoms with Crippen LogP contribution in [-0.2, 0) is 13.6 Å². The number of hydrogen-bond donors (Lipinski definition) is 1. The Labute approximate surface area is 186 Å². The van der Waals surface area contributed by atoms with Crippen molar-refractivity contribution in [3.63, 3.8) is 0 Å². The van der Waals surface area contributed by atoms with Crippen molar-refractivity contribution in [2.75, 3.05) is 13.1 Å². The second-order valence-electron chi connectivity index (χ2n) is 7.85. The molecule has 0 saturated heterocycles. The third kappa shape index (κ3) is 4.69. The molecule has 1 N–H and O–H groups in total. The molecule has 1 aromatic heterocycles. The first kappa shape index (κ1) is 21.2. The van der Waals surface area contributed by atoms with Gasteiger partial charge in [0.1, 0.15) is 11.9 Å². The van der Waals surface area contributed by atoms with E-state index in [1.54, 1.807) is 23.1 Å². The molecular weight excluding hydrogens is 414 g/mol. The van der Waals surface area contributed by atoms with E-state index >= 15 is 0 Å². The van der Waals surface area contributed by atoms with Gasteiger partial charge in [-0.2, -0.15) is 0 Å². The number of carbonyl (C=O) groups is 2. The SMILES string of the molecule is CCN(CCC1CC(=O)c2cc(Cl)ccc2O1)C(=O)NCc1ccc2c(ccn2C)c1. The summed E-state index contributed by atoms with van der Waals surface area (Å²) in [5.41, 5.74) is 2.75. The molecule has 162 valence electrons. The number of benzene rings is 2. The Morgan fingerprint density at radius 3 is 2.90 bits per heavy atom. The van der Waals surface area contributed by atoms with Crippen LogP contribution in [0.5, 0.6) is 5.75 Å². The minimum Gasteiger partial charge on any atom is -0.489 e. The summed E-state index contributed by atoms with van der Waals surface area (Å²) in [7, 11) is 2.01. The van der Waals surface area contributed by atoms with Crippen LogP contribution >= 0.6 is 11.6 Å². The van der Waals surface area contributed by atoms with Crippen LogP contribution in [0.3, 0.4) is 0 Å². The number of nitrogens with zero attached hydrogens (tertiary/aromatic N) is 2. The molecule has 31 heavy (non-hydrogen) atoms. The van der Waals surface area contributed by atoms with Crippen LogP contribution in [0.15, 0.2) is 48.7 Å². The molecule has 1 aliphatic rings. The first-order valence-corrected chi connectivity index (χ1v) is 10.9. The minimum atomic E-state index is -0.247. The van der Waals surface area contributed by atoms with E-state index in [0.29, 0.717) is 48.8 Å². The Hall–Kier alpha value is -2.99. The van der Waals surface area contributed by atoms with E-state index in [9.17, 15) is 9.59 Å². The number of aryl methyl sites for hydroxylation is 1. The number of fused-ring (bicyclic) bond motifs is 2. The fraction of sp³-hybridized carbons (Fsp3) is 0.333. The lowest BCUT2D eigenvalue weighted by Gasteiger charge is -2.28. The van der Waals surface area contributed by atoms with Crippen molar-refractivity contribution in [2.45, 2.75) is 32.4 Å². The highest BCUT2D eigenvalue weighted by molar-refractivity contribution is 6.31. The van der Waals surface area contributed by atoms with Crippen molar-refractivity contribution in [2.24, 2.45) is 7.05 Å². The van der Waals surface area contributed by atoms with Gasteiger partial charge in [-0.1, -0.05) is 17.7 Å². The zero-order valence-corrected chi connectivity index (χ0v) is 18.5. The highest BCUT2D eigenvalue weighted by atomic mass is 35.5. The van der Waals surface area contributed by atoms with Crippen molar-refractivity contribution in [1.29, 1.82) is 0 Å². The van der Waals surface area contributed by atoms with Gasteiger partial charge >= 0.3 is 6.03 Å². The number of ether oxygens (including phenoxy) is 1. The number of carbonyl (C=O) groups excluding carboxylic acids is 2. The quantitative estimate of drug-likeness (QED) is 0.600. The predicted molar refractivity (Wildman–Crippen MR) is 122 cm³/mol. The highest BCUT2D eigenvalue weighted by Crippen LogP contribution is 2.31. The third-order valence-electron chi connectivity index (χ3n) is 5.73. The predicted octanol–water partition coefficient (Wildman–Crippen LogP) is 4.79. The molecule has 2 amide bonds. The fourth-order valence-corrected chi connectivity index (χ4v) is 4.13. The zero-order valence-electron chi connectivity index (χ0n) is 17.7. The maximum atomic E-state index is 12.7. The van der Waals surface area contributed by atoms with E-state index in [1.807, 2.05) is 26.2 Å². The highest BCUT2D eigenvalue weighted by Gasteiger charge is 2.27. The van der Waals surface area contributed by atoms with Crippen LogP contribution < -0.4 is 10.1 Å². The van der Waals surface area contributed by atoms with Gasteiger partial charge in [0.05, 0.1) is 5.56 Å². The van der Waals surface area contributed by atoms with Crippen LogP contribution in [0.2, 0.25) is 5.02 Å². The molecular formula is C24H26ClN3O3. The zero-order chi connectivity index (χ0) is 22.0. The Balaban J connectivity index is 1.31. The number of ketones is 1. The van der Waals surface area contributed by atoms with Crippen molar-refractivity contribution >= 4 is 34.3 Å². The van der Waals surface area contributed by atoms with Gasteiger partial charge in [-0.15, -0.1) is 0 Å². The topological polar surface area (TPSA) is 63.6 Å². The molecule has 0 saturated carbocycles. The Morgan fingerprint density at radius 2 is 2.10 bits per heavy atom. The minimum absolute atomic E-state index is 0.0255. The van der Waals surface area contributed by atoms with Gasteiger partial charge in [-0.05, 0) is 54.3 Å². The summed E-state index contributed by atoms with van der Waals surface area (Å²) >= 11 is 5.98. The summed E-state index contributed by atoms with van der Waals surface area (Å²) in [5.74, 6) is 0.590. The number of nitrogens with one attached hydrogen (secondary N) is 1. The number of rotatable bonds is 6. The summed E-state index contributed by atoms with van der Waals surface area (Å²) in [4.78, 5) is 26.8. The van der Waals surface area contributed by atoms with Gasteiger partial charge in [0, 0.05) is 56.3 Å². The number of halogens is 1. The van der Waals surface area contributed by atoms with Gasteiger partial charge in [0.25, 0.3) is 0 Å². The third-order valence-corrected chi connectivity index (χ3v) is 5.97. The van der Waals surface area contributed by atoms with Crippen molar-refractivity contribution in [3.05, 3.63) is 64.8 Å². The standard InChI is InChI=1S/C24H26ClN3O3/c1-3-28(11-9-19-14-22(29)20-13-18(25)5-7-23(20)31-19)24(30)26-15-16-4-6-21-17(12-16)8-10-27(21)2/h4-8,10,12-13,19H,3,9,11,14-15H2,1-2H3,(H,26,30). The fourth-order valence-electron chi connectivity index (χ4n) is 3.96. The average Bonchev–Trinajstić information content (AvgIpc) is 3.13. The Bertz CT molecular complexity index is 1120. The smallest absolute Gasteiger partial charge is 0.317 e. The van der Waals surface area contributed by atoms with E-state index in [-0.39, 0.29) is 17.9 Å². The lowest BCUT2D eigenvalue weighted by molar-refractivity contribution is 0.0825. The van der Waals surface area contributed by atoms with E-state index < -0.39 is 0 Å². The molecule has 0 fully saturated rings. The molecule has 2 aromatic carbocycles. The first-order valence-electron chi connectivity index (χ1n) is 10.5. The maximum Gasteiger partial charge on any atom is 0.317 e. The summed E-state index contributed by atoms with van der Waals surface area (Å²) in [6.45, 7) is 3.50. The molecule has 0 radical (unpaired) electrons. The van der Waals surface area contributed by atoms with Crippen molar-refractivity contribution in [3.8, 4) is 5.75 Å². The molecule has 3 aromatic rings. The van der Waals surface area contributed by atoms with Crippen LogP contribution in [0, 0.1) is 0 Å². The summed E-state index contributed by atoms with van der Waals surface area (Å²) < 4.78 is 8.04. The largest absolute Gasteiger partial charge is 0.489 e. The van der Waals surface area contributed by atoms with Gasteiger partial charge in [-0.3, -0.25) is 4.79 Å². The number of aromatic nitrogens is 1. The lowest BCUT2D eigenvalue weighted by atomic mass is 9.99. The lowest BCUT2D eigenvalue weighted by Crippen LogP contribution is -2.41. The number of amides is 2. The van der Waals surface area contributed by atoms with E-state index in [1.165, 1.54) is 0 Å². The van der Waals surface area contributed by atoms with Crippen LogP contribution in [0.25, 0.3) is 10.9 Å². The van der Waals surface area contributed by atoms with E-state index in [2.05, 4.69) is 28.1 Å². The first-order chi connectivity index (χ1) is 14.9. The second kappa shape index (κ2) is 9.02. The van der Waals surface area contributed by atoms with Crippen LogP contribution in [0.4, 0.5) is 4.79 Å². The van der Waals surface area contributed by atoms with Gasteiger partial charge < -0.3 is 19.5 Å². The summed E-state index contributed by atoms with van der Waals surface area (Å²) in [6.07, 6.45) is 2.66. The molecule has 0 spiro atoms. The van der Waals surface area contributed by atoms with Crippen LogP contribution in [0.1, 0.15) is 35.7 Å². The molecule has 6 nitrogen and oxygen atoms in total. The monoisotopic (exact) mass is 439 g/mol. The van der Waals surface area contributed by atoms with Crippen molar-refractivity contribution in [1.82, 2.24) is 14.8 Å². The van der Waals surface area contributed by atoms with Crippen LogP contribution in [-0.4, -0.2) is 40.5 Å². The summed E-state index contributed by atoms with van der Waals surface area (Å²) in [6, 6.07) is 13.2. The van der Waals surface area contributed by atoms with Crippen molar-refractivity contribution < 1.29 is 14.3 Å². The molecule has 0 aliphatic carbocycles. The Morgan fingerprint density at radius 1 is 1.26 bits per heavy atom. The number of Topliss-reactive ketones (excluding diaryl/α,β-unsaturated/α-hetero) is 1. The molecule has 2 heterocycles. The van der Waals surface area contributed by atoms with Gasteiger partial charge in [-0.25, -0.2) is 4.79 Å². The molecule has 0 bridgehead atoms. The number of urea groups is 1. The van der Waals surface area contributed by atoms with Gasteiger partial charge in [0.2, 0.25) is 0 Å². The molecule has 4 rings (SSSR count).